The van der Waals surface area contributed by atoms with E-state index in [1.165, 1.54) is 19.3 Å². The van der Waals surface area contributed by atoms with Crippen LogP contribution in [0.15, 0.2) is 30.5 Å². The summed E-state index contributed by atoms with van der Waals surface area (Å²) in [5.41, 5.74) is 0.883. The lowest BCUT2D eigenvalue weighted by Gasteiger charge is -2.08. The third kappa shape index (κ3) is 3.36. The number of rotatable bonds is 6. The van der Waals surface area contributed by atoms with Crippen LogP contribution in [0.3, 0.4) is 0 Å². The van der Waals surface area contributed by atoms with Crippen LogP contribution < -0.4 is 4.74 Å². The summed E-state index contributed by atoms with van der Waals surface area (Å²) in [7, 11) is 0. The first-order valence-electron chi connectivity index (χ1n) is 6.48. The summed E-state index contributed by atoms with van der Waals surface area (Å²) in [5, 5.41) is 1.73. The Kier molecular flexibility index (Phi) is 4.82. The third-order valence-electron chi connectivity index (χ3n) is 2.92. The van der Waals surface area contributed by atoms with Crippen molar-refractivity contribution in [1.29, 1.82) is 0 Å². The van der Waals surface area contributed by atoms with Gasteiger partial charge in [0.05, 0.1) is 12.1 Å². The fourth-order valence-corrected chi connectivity index (χ4v) is 2.10. The molecular formula is C15H18ClNO. The Morgan fingerprint density at radius 3 is 2.89 bits per heavy atom. The van der Waals surface area contributed by atoms with Crippen molar-refractivity contribution in [2.45, 2.75) is 32.6 Å². The molecule has 0 aliphatic heterocycles. The molecule has 2 rings (SSSR count). The molecule has 96 valence electrons. The lowest BCUT2D eigenvalue weighted by atomic mass is 10.2. The van der Waals surface area contributed by atoms with Gasteiger partial charge in [-0.15, -0.1) is 0 Å². The zero-order valence-electron chi connectivity index (χ0n) is 10.7. The summed E-state index contributed by atoms with van der Waals surface area (Å²) in [6, 6.07) is 7.61. The lowest BCUT2D eigenvalue weighted by Crippen LogP contribution is -1.98. The van der Waals surface area contributed by atoms with E-state index in [1.54, 1.807) is 6.20 Å². The molecule has 0 atom stereocenters. The van der Waals surface area contributed by atoms with E-state index < -0.39 is 0 Å². The van der Waals surface area contributed by atoms with Crippen molar-refractivity contribution in [3.05, 3.63) is 35.5 Å². The van der Waals surface area contributed by atoms with Gasteiger partial charge in [-0.05, 0) is 30.7 Å². The minimum absolute atomic E-state index is 0.704. The average molecular weight is 264 g/mol. The van der Waals surface area contributed by atoms with E-state index in [2.05, 4.69) is 11.9 Å². The number of halogens is 1. The van der Waals surface area contributed by atoms with Crippen molar-refractivity contribution in [2.24, 2.45) is 0 Å². The van der Waals surface area contributed by atoms with Crippen LogP contribution in [0.25, 0.3) is 10.9 Å². The number of ether oxygens (including phenoxy) is 1. The van der Waals surface area contributed by atoms with Gasteiger partial charge in [-0.1, -0.05) is 37.8 Å². The van der Waals surface area contributed by atoms with Crippen LogP contribution in [0, 0.1) is 0 Å². The van der Waals surface area contributed by atoms with Gasteiger partial charge in [0.2, 0.25) is 0 Å². The number of aromatic nitrogens is 1. The van der Waals surface area contributed by atoms with Crippen LogP contribution in [0.5, 0.6) is 5.75 Å². The topological polar surface area (TPSA) is 22.1 Å². The molecule has 1 aromatic carbocycles. The molecular weight excluding hydrogens is 246 g/mol. The van der Waals surface area contributed by atoms with Gasteiger partial charge in [0, 0.05) is 16.6 Å². The highest BCUT2D eigenvalue weighted by Crippen LogP contribution is 2.26. The Morgan fingerprint density at radius 2 is 2.06 bits per heavy atom. The van der Waals surface area contributed by atoms with Crippen LogP contribution in [-0.4, -0.2) is 11.6 Å². The highest BCUT2D eigenvalue weighted by Gasteiger charge is 2.03. The quantitative estimate of drug-likeness (QED) is 0.695. The molecule has 0 bridgehead atoms. The normalized spacial score (nSPS) is 10.8. The second kappa shape index (κ2) is 6.60. The Bertz CT molecular complexity index is 513. The predicted molar refractivity (Wildman–Crippen MR) is 76.4 cm³/mol. The highest BCUT2D eigenvalue weighted by molar-refractivity contribution is 6.31. The first kappa shape index (κ1) is 13.2. The average Bonchev–Trinajstić information content (AvgIpc) is 2.38. The van der Waals surface area contributed by atoms with E-state index in [1.807, 2.05) is 24.3 Å². The number of pyridine rings is 1. The summed E-state index contributed by atoms with van der Waals surface area (Å²) >= 11 is 5.95. The van der Waals surface area contributed by atoms with Crippen LogP contribution in [0.4, 0.5) is 0 Å². The standard InChI is InChI=1S/C15H18ClNO/c1-2-3-4-5-10-18-15-8-9-17-14-11-12(16)6-7-13(14)15/h6-9,11H,2-5,10H2,1H3. The molecule has 0 aliphatic carbocycles. The van der Waals surface area contributed by atoms with Crippen LogP contribution in [0.1, 0.15) is 32.6 Å². The Balaban J connectivity index is 2.04. The molecule has 0 saturated heterocycles. The maximum Gasteiger partial charge on any atom is 0.130 e. The molecule has 0 amide bonds. The van der Waals surface area contributed by atoms with Gasteiger partial charge in [0.1, 0.15) is 5.75 Å². The predicted octanol–water partition coefficient (Wildman–Crippen LogP) is 4.85. The largest absolute Gasteiger partial charge is 0.493 e. The maximum absolute atomic E-state index is 5.95. The van der Waals surface area contributed by atoms with Gasteiger partial charge >= 0.3 is 0 Å². The smallest absolute Gasteiger partial charge is 0.130 e. The molecule has 0 aliphatic rings. The van der Waals surface area contributed by atoms with Crippen molar-refractivity contribution in [3.8, 4) is 5.75 Å². The van der Waals surface area contributed by atoms with E-state index in [4.69, 9.17) is 16.3 Å². The van der Waals surface area contributed by atoms with Gasteiger partial charge in [-0.25, -0.2) is 0 Å². The van der Waals surface area contributed by atoms with E-state index in [0.717, 1.165) is 29.7 Å². The maximum atomic E-state index is 5.95. The fraction of sp³-hybridized carbons (Fsp3) is 0.400. The van der Waals surface area contributed by atoms with E-state index >= 15 is 0 Å². The Labute approximate surface area is 113 Å². The first-order valence-corrected chi connectivity index (χ1v) is 6.86. The molecule has 0 spiro atoms. The number of nitrogens with zero attached hydrogens (tertiary/aromatic N) is 1. The number of unbranched alkanes of at least 4 members (excludes halogenated alkanes) is 3. The molecule has 0 radical (unpaired) electrons. The van der Waals surface area contributed by atoms with Crippen LogP contribution in [0.2, 0.25) is 5.02 Å². The summed E-state index contributed by atoms with van der Waals surface area (Å²) in [6.07, 6.45) is 6.61. The number of hydrogen-bond acceptors (Lipinski definition) is 2. The highest BCUT2D eigenvalue weighted by atomic mass is 35.5. The monoisotopic (exact) mass is 263 g/mol. The zero-order chi connectivity index (χ0) is 12.8. The molecule has 2 nitrogen and oxygen atoms in total. The van der Waals surface area contributed by atoms with Crippen LogP contribution >= 0.6 is 11.6 Å². The van der Waals surface area contributed by atoms with Crippen LogP contribution in [-0.2, 0) is 0 Å². The van der Waals surface area contributed by atoms with Crippen molar-refractivity contribution in [2.75, 3.05) is 6.61 Å². The van der Waals surface area contributed by atoms with E-state index in [-0.39, 0.29) is 0 Å². The molecule has 1 heterocycles. The van der Waals surface area contributed by atoms with Gasteiger partial charge in [-0.2, -0.15) is 0 Å². The second-order valence-corrected chi connectivity index (χ2v) is 4.82. The zero-order valence-corrected chi connectivity index (χ0v) is 11.4. The minimum Gasteiger partial charge on any atom is -0.493 e. The molecule has 3 heteroatoms. The minimum atomic E-state index is 0.704. The summed E-state index contributed by atoms with van der Waals surface area (Å²) in [4.78, 5) is 4.30. The van der Waals surface area contributed by atoms with Crippen molar-refractivity contribution >= 4 is 22.5 Å². The Hall–Kier alpha value is -1.28. The number of fused-ring (bicyclic) bond motifs is 1. The molecule has 0 unspecified atom stereocenters. The molecule has 0 N–H and O–H groups in total. The molecule has 1 aromatic heterocycles. The second-order valence-electron chi connectivity index (χ2n) is 4.38. The van der Waals surface area contributed by atoms with Crippen molar-refractivity contribution in [3.63, 3.8) is 0 Å². The molecule has 18 heavy (non-hydrogen) atoms. The van der Waals surface area contributed by atoms with E-state index in [0.29, 0.717) is 5.02 Å². The van der Waals surface area contributed by atoms with E-state index in [9.17, 15) is 0 Å². The lowest BCUT2D eigenvalue weighted by molar-refractivity contribution is 0.308. The summed E-state index contributed by atoms with van der Waals surface area (Å²) in [5.74, 6) is 0.896. The molecule has 0 fully saturated rings. The number of hydrogen-bond donors (Lipinski definition) is 0. The van der Waals surface area contributed by atoms with Gasteiger partial charge < -0.3 is 4.74 Å². The molecule has 0 saturated carbocycles. The third-order valence-corrected chi connectivity index (χ3v) is 3.16. The number of benzene rings is 1. The molecule has 2 aromatic rings. The summed E-state index contributed by atoms with van der Waals surface area (Å²) < 4.78 is 5.82. The SMILES string of the molecule is CCCCCCOc1ccnc2cc(Cl)ccc12. The summed E-state index contributed by atoms with van der Waals surface area (Å²) in [6.45, 7) is 2.97. The van der Waals surface area contributed by atoms with Gasteiger partial charge in [-0.3, -0.25) is 4.98 Å². The van der Waals surface area contributed by atoms with Crippen molar-refractivity contribution in [1.82, 2.24) is 4.98 Å². The van der Waals surface area contributed by atoms with Crippen molar-refractivity contribution < 1.29 is 4.74 Å². The van der Waals surface area contributed by atoms with Gasteiger partial charge in [0.25, 0.3) is 0 Å². The Morgan fingerprint density at radius 1 is 1.17 bits per heavy atom. The fourth-order valence-electron chi connectivity index (χ4n) is 1.93. The first-order chi connectivity index (χ1) is 8.81. The van der Waals surface area contributed by atoms with Gasteiger partial charge in [0.15, 0.2) is 0 Å².